The molecule has 4 heteroatoms. The van der Waals surface area contributed by atoms with Gasteiger partial charge in [-0.3, -0.25) is 4.90 Å². The van der Waals surface area contributed by atoms with Gasteiger partial charge in [0, 0.05) is 26.2 Å². The van der Waals surface area contributed by atoms with Gasteiger partial charge >= 0.3 is 0 Å². The van der Waals surface area contributed by atoms with Crippen LogP contribution < -0.4 is 0 Å². The van der Waals surface area contributed by atoms with E-state index in [1.165, 1.54) is 32.1 Å². The van der Waals surface area contributed by atoms with Crippen LogP contribution in [0.2, 0.25) is 0 Å². The molecule has 23 heavy (non-hydrogen) atoms. The molecule has 4 aliphatic rings. The number of rotatable bonds is 7. The first-order valence-corrected chi connectivity index (χ1v) is 9.69. The summed E-state index contributed by atoms with van der Waals surface area (Å²) in [7, 11) is 0. The van der Waals surface area contributed by atoms with E-state index >= 15 is 0 Å². The van der Waals surface area contributed by atoms with E-state index in [1.54, 1.807) is 0 Å². The molecule has 3 atom stereocenters. The highest BCUT2D eigenvalue weighted by Crippen LogP contribution is 2.67. The predicted molar refractivity (Wildman–Crippen MR) is 89.2 cm³/mol. The van der Waals surface area contributed by atoms with Gasteiger partial charge in [-0.25, -0.2) is 0 Å². The fraction of sp³-hybridized carbons (Fsp3) is 1.00. The van der Waals surface area contributed by atoms with Crippen molar-refractivity contribution in [3.8, 4) is 0 Å². The number of β-amino-alcohol motifs (C(OH)–C–C–N with tert-alkyl or cyclic N) is 1. The molecule has 0 radical (unpaired) electrons. The lowest BCUT2D eigenvalue weighted by Gasteiger charge is -2.65. The van der Waals surface area contributed by atoms with Crippen molar-refractivity contribution < 1.29 is 14.6 Å². The maximum Gasteiger partial charge on any atom is 0.0900 e. The summed E-state index contributed by atoms with van der Waals surface area (Å²) in [4.78, 5) is 2.27. The average molecular weight is 323 g/mol. The number of hydrogen-bond donors (Lipinski definition) is 1. The molecular formula is C19H33NO3. The highest BCUT2D eigenvalue weighted by Gasteiger charge is 2.58. The van der Waals surface area contributed by atoms with Gasteiger partial charge in [0.25, 0.3) is 0 Å². The standard InChI is InChI=1S/C19H33NO3/c1-19(10-15-8-14-9-16(11-19)18(14)15)2-5-23-13-17(21)12-20-3-6-22-7-4-20/h14-18,21H,2-13H2,1H3. The largest absolute Gasteiger partial charge is 0.389 e. The Hall–Kier alpha value is -0.160. The van der Waals surface area contributed by atoms with E-state index in [0.29, 0.717) is 18.6 Å². The first-order chi connectivity index (χ1) is 11.1. The molecule has 1 N–H and O–H groups in total. The normalized spacial score (nSPS) is 44.1. The monoisotopic (exact) mass is 323 g/mol. The molecule has 0 aromatic carbocycles. The second kappa shape index (κ2) is 6.62. The van der Waals surface area contributed by atoms with Crippen molar-refractivity contribution in [3.63, 3.8) is 0 Å². The zero-order chi connectivity index (χ0) is 15.9. The van der Waals surface area contributed by atoms with Crippen LogP contribution in [-0.4, -0.2) is 62.2 Å². The molecule has 4 rings (SSSR count). The SMILES string of the molecule is CC1(CCOCC(O)CN2CCOCC2)CC2CC3CC(C1)C32. The summed E-state index contributed by atoms with van der Waals surface area (Å²) >= 11 is 0. The van der Waals surface area contributed by atoms with Gasteiger partial charge in [0.15, 0.2) is 0 Å². The van der Waals surface area contributed by atoms with Crippen molar-refractivity contribution in [1.29, 1.82) is 0 Å². The van der Waals surface area contributed by atoms with Gasteiger partial charge in [0.05, 0.1) is 25.9 Å². The van der Waals surface area contributed by atoms with Gasteiger partial charge in [-0.05, 0) is 61.2 Å². The molecule has 0 aromatic rings. The molecule has 0 bridgehead atoms. The lowest BCUT2D eigenvalue weighted by atomic mass is 9.40. The molecule has 0 spiro atoms. The van der Waals surface area contributed by atoms with Crippen molar-refractivity contribution in [2.24, 2.45) is 29.1 Å². The molecule has 0 aromatic heterocycles. The molecule has 4 fully saturated rings. The third kappa shape index (κ3) is 3.46. The van der Waals surface area contributed by atoms with Crippen LogP contribution in [0.15, 0.2) is 0 Å². The van der Waals surface area contributed by atoms with E-state index in [1.807, 2.05) is 0 Å². The molecule has 4 nitrogen and oxygen atoms in total. The molecule has 1 heterocycles. The van der Waals surface area contributed by atoms with Crippen LogP contribution in [0.1, 0.15) is 39.0 Å². The van der Waals surface area contributed by atoms with Crippen LogP contribution in [0.5, 0.6) is 0 Å². The molecule has 3 aliphatic carbocycles. The third-order valence-corrected chi connectivity index (χ3v) is 7.09. The molecule has 1 saturated heterocycles. The molecular weight excluding hydrogens is 290 g/mol. The third-order valence-electron chi connectivity index (χ3n) is 7.09. The summed E-state index contributed by atoms with van der Waals surface area (Å²) in [5, 5.41) is 10.1. The van der Waals surface area contributed by atoms with Gasteiger partial charge < -0.3 is 14.6 Å². The van der Waals surface area contributed by atoms with Gasteiger partial charge in [-0.1, -0.05) is 6.92 Å². The zero-order valence-corrected chi connectivity index (χ0v) is 14.6. The van der Waals surface area contributed by atoms with Gasteiger partial charge in [-0.2, -0.15) is 0 Å². The van der Waals surface area contributed by atoms with E-state index in [2.05, 4.69) is 11.8 Å². The van der Waals surface area contributed by atoms with Crippen molar-refractivity contribution in [3.05, 3.63) is 0 Å². The average Bonchev–Trinajstić information content (AvgIpc) is 2.49. The minimum atomic E-state index is -0.365. The Balaban J connectivity index is 1.13. The number of morpholine rings is 1. The van der Waals surface area contributed by atoms with Crippen molar-refractivity contribution in [2.45, 2.75) is 45.1 Å². The Morgan fingerprint density at radius 1 is 1.17 bits per heavy atom. The summed E-state index contributed by atoms with van der Waals surface area (Å²) in [6.45, 7) is 7.91. The van der Waals surface area contributed by atoms with Gasteiger partial charge in [-0.15, -0.1) is 0 Å². The summed E-state index contributed by atoms with van der Waals surface area (Å²) in [5.74, 6) is 4.29. The van der Waals surface area contributed by atoms with Crippen LogP contribution in [0, 0.1) is 29.1 Å². The minimum absolute atomic E-state index is 0.365. The summed E-state index contributed by atoms with van der Waals surface area (Å²) in [6, 6.07) is 0. The predicted octanol–water partition coefficient (Wildman–Crippen LogP) is 2.16. The lowest BCUT2D eigenvalue weighted by Crippen LogP contribution is -2.57. The molecule has 0 amide bonds. The molecule has 132 valence electrons. The first kappa shape index (κ1) is 16.3. The van der Waals surface area contributed by atoms with Crippen molar-refractivity contribution >= 4 is 0 Å². The van der Waals surface area contributed by atoms with Gasteiger partial charge in [0.1, 0.15) is 0 Å². The molecule has 1 aliphatic heterocycles. The molecule has 3 saturated carbocycles. The number of aliphatic hydroxyl groups is 1. The van der Waals surface area contributed by atoms with Crippen molar-refractivity contribution in [2.75, 3.05) is 46.1 Å². The zero-order valence-electron chi connectivity index (χ0n) is 14.6. The first-order valence-electron chi connectivity index (χ1n) is 9.69. The number of nitrogens with zero attached hydrogens (tertiary/aromatic N) is 1. The highest BCUT2D eigenvalue weighted by atomic mass is 16.5. The van der Waals surface area contributed by atoms with E-state index in [0.717, 1.165) is 56.6 Å². The second-order valence-electron chi connectivity index (χ2n) is 8.94. The van der Waals surface area contributed by atoms with E-state index in [9.17, 15) is 5.11 Å². The maximum absolute atomic E-state index is 10.1. The van der Waals surface area contributed by atoms with Crippen molar-refractivity contribution in [1.82, 2.24) is 4.90 Å². The van der Waals surface area contributed by atoms with Crippen LogP contribution in [0.3, 0.4) is 0 Å². The Bertz CT molecular complexity index is 393. The highest BCUT2D eigenvalue weighted by molar-refractivity contribution is 5.08. The quantitative estimate of drug-likeness (QED) is 0.729. The number of ether oxygens (including phenoxy) is 2. The summed E-state index contributed by atoms with van der Waals surface area (Å²) in [6.07, 6.45) is 6.66. The van der Waals surface area contributed by atoms with E-state index < -0.39 is 0 Å². The second-order valence-corrected chi connectivity index (χ2v) is 8.94. The van der Waals surface area contributed by atoms with Crippen LogP contribution in [0.25, 0.3) is 0 Å². The van der Waals surface area contributed by atoms with Gasteiger partial charge in [0.2, 0.25) is 0 Å². The van der Waals surface area contributed by atoms with Crippen LogP contribution in [-0.2, 0) is 9.47 Å². The number of hydrogen-bond acceptors (Lipinski definition) is 4. The summed E-state index contributed by atoms with van der Waals surface area (Å²) in [5.41, 5.74) is 0.492. The molecule has 3 unspecified atom stereocenters. The fourth-order valence-electron chi connectivity index (χ4n) is 5.93. The smallest absolute Gasteiger partial charge is 0.0900 e. The summed E-state index contributed by atoms with van der Waals surface area (Å²) < 4.78 is 11.2. The topological polar surface area (TPSA) is 41.9 Å². The minimum Gasteiger partial charge on any atom is -0.389 e. The lowest BCUT2D eigenvalue weighted by molar-refractivity contribution is -0.162. The van der Waals surface area contributed by atoms with Crippen LogP contribution >= 0.6 is 0 Å². The Morgan fingerprint density at radius 3 is 2.52 bits per heavy atom. The van der Waals surface area contributed by atoms with Crippen LogP contribution in [0.4, 0.5) is 0 Å². The van der Waals surface area contributed by atoms with E-state index in [-0.39, 0.29) is 6.10 Å². The number of aliphatic hydroxyl groups excluding tert-OH is 1. The van der Waals surface area contributed by atoms with E-state index in [4.69, 9.17) is 9.47 Å². The fourth-order valence-corrected chi connectivity index (χ4v) is 5.93. The maximum atomic E-state index is 10.1. The Morgan fingerprint density at radius 2 is 1.87 bits per heavy atom. The Labute approximate surface area is 140 Å². The Kier molecular flexibility index (Phi) is 4.70.